The Hall–Kier alpha value is -0.960. The van der Waals surface area contributed by atoms with Crippen LogP contribution < -0.4 is 0 Å². The second-order valence-corrected chi connectivity index (χ2v) is 3.27. The highest BCUT2D eigenvalue weighted by Crippen LogP contribution is 2.24. The Morgan fingerprint density at radius 2 is 1.91 bits per heavy atom. The number of halogens is 2. The minimum Gasteiger partial charge on any atom is -0.207 e. The van der Waals surface area contributed by atoms with Crippen LogP contribution >= 0.6 is 11.3 Å². The maximum atomic E-state index is 12.5. The molecule has 0 saturated heterocycles. The summed E-state index contributed by atoms with van der Waals surface area (Å²) < 4.78 is 25.9. The lowest BCUT2D eigenvalue weighted by molar-refractivity contribution is 0.629. The minimum absolute atomic E-state index is 0.273. The van der Waals surface area contributed by atoms with Crippen molar-refractivity contribution in [2.75, 3.05) is 0 Å². The van der Waals surface area contributed by atoms with E-state index in [1.54, 1.807) is 6.07 Å². The molecule has 0 atom stereocenters. The van der Waals surface area contributed by atoms with E-state index < -0.39 is 0 Å². The van der Waals surface area contributed by atoms with E-state index in [-0.39, 0.29) is 10.9 Å². The van der Waals surface area contributed by atoms with Crippen molar-refractivity contribution in [2.45, 2.75) is 0 Å². The van der Waals surface area contributed by atoms with Crippen LogP contribution in [0.4, 0.5) is 8.78 Å². The second kappa shape index (κ2) is 2.27. The molecular weight excluding hydrogens is 166 g/mol. The molecule has 56 valence electrons. The number of hydrogen-bond donors (Lipinski definition) is 0. The fourth-order valence-corrected chi connectivity index (χ4v) is 1.75. The lowest BCUT2D eigenvalue weighted by Crippen LogP contribution is -1.68. The zero-order chi connectivity index (χ0) is 7.84. The van der Waals surface area contributed by atoms with Gasteiger partial charge in [-0.2, -0.15) is 4.39 Å². The Kier molecular flexibility index (Phi) is 1.39. The second-order valence-electron chi connectivity index (χ2n) is 2.23. The summed E-state index contributed by atoms with van der Waals surface area (Å²) in [5, 5.41) is 0.359. The molecule has 0 unspecified atom stereocenters. The molecule has 11 heavy (non-hydrogen) atoms. The molecule has 0 N–H and O–H groups in total. The van der Waals surface area contributed by atoms with E-state index in [1.165, 1.54) is 18.2 Å². The van der Waals surface area contributed by atoms with Crippen LogP contribution in [0.15, 0.2) is 24.3 Å². The molecule has 0 radical (unpaired) electrons. The van der Waals surface area contributed by atoms with Crippen molar-refractivity contribution in [2.24, 2.45) is 0 Å². The van der Waals surface area contributed by atoms with Crippen LogP contribution in [0.5, 0.6) is 0 Å². The molecule has 1 heterocycles. The normalized spacial score (nSPS) is 10.7. The zero-order valence-electron chi connectivity index (χ0n) is 5.47. The highest BCUT2D eigenvalue weighted by Gasteiger charge is 2.00. The Morgan fingerprint density at radius 3 is 2.73 bits per heavy atom. The highest BCUT2D eigenvalue weighted by molar-refractivity contribution is 7.17. The first-order valence-corrected chi connectivity index (χ1v) is 3.92. The summed E-state index contributed by atoms with van der Waals surface area (Å²) in [6.45, 7) is 0. The van der Waals surface area contributed by atoms with Crippen molar-refractivity contribution >= 4 is 21.4 Å². The number of rotatable bonds is 0. The number of hydrogen-bond acceptors (Lipinski definition) is 1. The van der Waals surface area contributed by atoms with E-state index in [0.29, 0.717) is 5.39 Å². The Labute approximate surface area is 66.1 Å². The maximum Gasteiger partial charge on any atom is 0.177 e. The fraction of sp³-hybridized carbons (Fsp3) is 0. The van der Waals surface area contributed by atoms with Gasteiger partial charge in [-0.05, 0) is 29.7 Å². The zero-order valence-corrected chi connectivity index (χ0v) is 6.29. The van der Waals surface area contributed by atoms with Gasteiger partial charge in [0.05, 0.1) is 0 Å². The van der Waals surface area contributed by atoms with Gasteiger partial charge in [-0.3, -0.25) is 0 Å². The number of benzene rings is 1. The van der Waals surface area contributed by atoms with Gasteiger partial charge in [-0.15, -0.1) is 11.3 Å². The summed E-state index contributed by atoms with van der Waals surface area (Å²) in [5.74, 6) is -0.324. The first-order chi connectivity index (χ1) is 5.25. The molecule has 0 nitrogen and oxygen atoms in total. The predicted octanol–water partition coefficient (Wildman–Crippen LogP) is 3.18. The van der Waals surface area contributed by atoms with Gasteiger partial charge in [0.25, 0.3) is 0 Å². The molecule has 3 heteroatoms. The van der Waals surface area contributed by atoms with Crippen LogP contribution in [0, 0.1) is 10.9 Å². The van der Waals surface area contributed by atoms with Crippen LogP contribution in [0.3, 0.4) is 0 Å². The molecule has 0 aliphatic rings. The lowest BCUT2D eigenvalue weighted by Gasteiger charge is -1.86. The van der Waals surface area contributed by atoms with Gasteiger partial charge >= 0.3 is 0 Å². The first-order valence-electron chi connectivity index (χ1n) is 3.10. The van der Waals surface area contributed by atoms with Crippen LogP contribution in [-0.4, -0.2) is 0 Å². The monoisotopic (exact) mass is 170 g/mol. The third-order valence-electron chi connectivity index (χ3n) is 1.45. The molecular formula is C8H4F2S. The smallest absolute Gasteiger partial charge is 0.177 e. The Balaban J connectivity index is 2.82. The Bertz CT molecular complexity index is 392. The summed E-state index contributed by atoms with van der Waals surface area (Å²) in [7, 11) is 0. The van der Waals surface area contributed by atoms with Gasteiger partial charge in [0.15, 0.2) is 5.13 Å². The molecule has 0 amide bonds. The summed E-state index contributed by atoms with van der Waals surface area (Å²) in [6, 6.07) is 5.58. The van der Waals surface area contributed by atoms with Gasteiger partial charge in [0, 0.05) is 4.70 Å². The van der Waals surface area contributed by atoms with Crippen LogP contribution in [0.2, 0.25) is 0 Å². The molecule has 0 aliphatic heterocycles. The molecule has 2 rings (SSSR count). The molecule has 0 fully saturated rings. The molecule has 1 aromatic heterocycles. The average Bonchev–Trinajstić information content (AvgIpc) is 2.27. The number of thiophene rings is 1. The summed E-state index contributed by atoms with van der Waals surface area (Å²) in [4.78, 5) is 0. The largest absolute Gasteiger partial charge is 0.207 e. The lowest BCUT2D eigenvalue weighted by atomic mass is 10.3. The van der Waals surface area contributed by atoms with Crippen molar-refractivity contribution in [3.8, 4) is 0 Å². The van der Waals surface area contributed by atoms with E-state index in [4.69, 9.17) is 0 Å². The van der Waals surface area contributed by atoms with Crippen LogP contribution in [0.25, 0.3) is 10.1 Å². The highest BCUT2D eigenvalue weighted by atomic mass is 32.1. The molecule has 1 aromatic carbocycles. The Morgan fingerprint density at radius 1 is 1.09 bits per heavy atom. The van der Waals surface area contributed by atoms with E-state index >= 15 is 0 Å². The van der Waals surface area contributed by atoms with Crippen molar-refractivity contribution in [1.82, 2.24) is 0 Å². The topological polar surface area (TPSA) is 0 Å². The third kappa shape index (κ3) is 1.12. The van der Waals surface area contributed by atoms with Crippen molar-refractivity contribution < 1.29 is 8.78 Å². The standard InChI is InChI=1S/C8H4F2S/c9-6-1-2-7-5(3-6)4-8(10)11-7/h1-4H. The van der Waals surface area contributed by atoms with Crippen molar-refractivity contribution in [3.63, 3.8) is 0 Å². The number of fused-ring (bicyclic) bond motifs is 1. The molecule has 0 bridgehead atoms. The molecule has 2 aromatic rings. The molecule has 0 spiro atoms. The summed E-state index contributed by atoms with van der Waals surface area (Å²) >= 11 is 1.03. The SMILES string of the molecule is Fc1ccc2sc(F)cc2c1. The predicted molar refractivity (Wildman–Crippen MR) is 41.7 cm³/mol. The van der Waals surface area contributed by atoms with E-state index in [2.05, 4.69) is 0 Å². The molecule has 0 aliphatic carbocycles. The summed E-state index contributed by atoms with van der Waals surface area (Å²) in [5.41, 5.74) is 0. The maximum absolute atomic E-state index is 12.5. The van der Waals surface area contributed by atoms with Crippen molar-refractivity contribution in [1.29, 1.82) is 0 Å². The first kappa shape index (κ1) is 6.73. The molecule has 0 saturated carbocycles. The quantitative estimate of drug-likeness (QED) is 0.569. The van der Waals surface area contributed by atoms with Gasteiger partial charge in [0.1, 0.15) is 5.82 Å². The third-order valence-corrected chi connectivity index (χ3v) is 2.35. The minimum atomic E-state index is -0.324. The average molecular weight is 170 g/mol. The van der Waals surface area contributed by atoms with Gasteiger partial charge in [-0.25, -0.2) is 4.39 Å². The van der Waals surface area contributed by atoms with Crippen LogP contribution in [0.1, 0.15) is 0 Å². The van der Waals surface area contributed by atoms with E-state index in [0.717, 1.165) is 16.0 Å². The van der Waals surface area contributed by atoms with Gasteiger partial charge in [0.2, 0.25) is 0 Å². The van der Waals surface area contributed by atoms with E-state index in [9.17, 15) is 8.78 Å². The fourth-order valence-electron chi connectivity index (χ4n) is 0.982. The van der Waals surface area contributed by atoms with Gasteiger partial charge < -0.3 is 0 Å². The summed E-state index contributed by atoms with van der Waals surface area (Å²) in [6.07, 6.45) is 0. The van der Waals surface area contributed by atoms with E-state index in [1.807, 2.05) is 0 Å². The van der Waals surface area contributed by atoms with Crippen molar-refractivity contribution in [3.05, 3.63) is 35.2 Å². The van der Waals surface area contributed by atoms with Gasteiger partial charge in [-0.1, -0.05) is 0 Å². The van der Waals surface area contributed by atoms with Crippen LogP contribution in [-0.2, 0) is 0 Å².